The van der Waals surface area contributed by atoms with Gasteiger partial charge in [-0.15, -0.1) is 0 Å². The van der Waals surface area contributed by atoms with Crippen LogP contribution in [0.4, 0.5) is 0 Å². The third-order valence-electron chi connectivity index (χ3n) is 2.09. The lowest BCUT2D eigenvalue weighted by atomic mass is 10.1. The molecule has 76 valence electrons. The van der Waals surface area contributed by atoms with Gasteiger partial charge in [0.1, 0.15) is 5.75 Å². The number of rotatable bonds is 4. The van der Waals surface area contributed by atoms with Gasteiger partial charge in [0.15, 0.2) is 0 Å². The largest absolute Gasteiger partial charge is 0.496 e. The lowest BCUT2D eigenvalue weighted by molar-refractivity contribution is 0.413. The molecule has 0 spiro atoms. The number of halogens is 1. The average Bonchev–Trinajstić information content (AvgIpc) is 2.25. The van der Waals surface area contributed by atoms with Gasteiger partial charge < -0.3 is 4.74 Å². The molecule has 0 aliphatic rings. The number of allylic oxidation sites excluding steroid dienone is 2. The van der Waals surface area contributed by atoms with E-state index < -0.39 is 0 Å². The molecule has 14 heavy (non-hydrogen) atoms. The number of ether oxygens (including phenoxy) is 1. The van der Waals surface area contributed by atoms with E-state index in [0.717, 1.165) is 17.5 Å². The third-order valence-corrected chi connectivity index (χ3v) is 2.55. The van der Waals surface area contributed by atoms with E-state index in [1.165, 1.54) is 11.1 Å². The molecule has 0 amide bonds. The van der Waals surface area contributed by atoms with E-state index in [1.807, 2.05) is 18.2 Å². The molecular weight excluding hydrogens is 240 g/mol. The summed E-state index contributed by atoms with van der Waals surface area (Å²) in [6.45, 7) is 2.11. The average molecular weight is 255 g/mol. The first-order valence-corrected chi connectivity index (χ1v) is 5.78. The molecule has 0 aromatic heterocycles. The van der Waals surface area contributed by atoms with Crippen molar-refractivity contribution in [2.75, 3.05) is 12.4 Å². The van der Waals surface area contributed by atoms with Gasteiger partial charge in [0, 0.05) is 10.9 Å². The van der Waals surface area contributed by atoms with Crippen LogP contribution in [0.3, 0.4) is 0 Å². The monoisotopic (exact) mass is 254 g/mol. The van der Waals surface area contributed by atoms with Crippen LogP contribution in [0.2, 0.25) is 0 Å². The Morgan fingerprint density at radius 3 is 2.79 bits per heavy atom. The van der Waals surface area contributed by atoms with Gasteiger partial charge in [0.05, 0.1) is 7.11 Å². The van der Waals surface area contributed by atoms with Crippen LogP contribution < -0.4 is 4.74 Å². The number of hydrogen-bond donors (Lipinski definition) is 0. The van der Waals surface area contributed by atoms with E-state index >= 15 is 0 Å². The summed E-state index contributed by atoms with van der Waals surface area (Å²) in [6.07, 6.45) is 3.26. The highest BCUT2D eigenvalue weighted by Crippen LogP contribution is 2.25. The van der Waals surface area contributed by atoms with Crippen molar-refractivity contribution in [3.63, 3.8) is 0 Å². The summed E-state index contributed by atoms with van der Waals surface area (Å²) in [6, 6.07) is 8.09. The van der Waals surface area contributed by atoms with Crippen LogP contribution in [-0.2, 0) is 0 Å². The summed E-state index contributed by atoms with van der Waals surface area (Å²) in [5, 5.41) is 0.999. The highest BCUT2D eigenvalue weighted by molar-refractivity contribution is 9.09. The fraction of sp³-hybridized carbons (Fsp3) is 0.333. The fourth-order valence-electron chi connectivity index (χ4n) is 1.35. The van der Waals surface area contributed by atoms with Crippen LogP contribution in [0.5, 0.6) is 5.75 Å². The molecule has 1 aromatic carbocycles. The van der Waals surface area contributed by atoms with Crippen molar-refractivity contribution in [3.05, 3.63) is 35.9 Å². The number of benzene rings is 1. The predicted octanol–water partition coefficient (Wildman–Crippen LogP) is 3.88. The lowest BCUT2D eigenvalue weighted by Crippen LogP contribution is -1.89. The van der Waals surface area contributed by atoms with Gasteiger partial charge in [-0.05, 0) is 25.0 Å². The normalized spacial score (nSPS) is 11.5. The minimum absolute atomic E-state index is 0.941. The Balaban J connectivity index is 2.93. The Morgan fingerprint density at radius 2 is 2.14 bits per heavy atom. The molecule has 0 bridgehead atoms. The van der Waals surface area contributed by atoms with Crippen molar-refractivity contribution in [2.45, 2.75) is 13.3 Å². The first kappa shape index (κ1) is 11.3. The zero-order chi connectivity index (χ0) is 10.4. The van der Waals surface area contributed by atoms with Crippen LogP contribution in [0.15, 0.2) is 30.3 Å². The molecule has 0 aliphatic carbocycles. The second-order valence-corrected chi connectivity index (χ2v) is 3.86. The van der Waals surface area contributed by atoms with Gasteiger partial charge in [-0.2, -0.15) is 0 Å². The minimum Gasteiger partial charge on any atom is -0.496 e. The van der Waals surface area contributed by atoms with Gasteiger partial charge in [0.2, 0.25) is 0 Å². The zero-order valence-electron chi connectivity index (χ0n) is 8.59. The molecule has 1 aromatic rings. The van der Waals surface area contributed by atoms with E-state index in [1.54, 1.807) is 7.11 Å². The molecule has 0 saturated heterocycles. The number of para-hydroxylation sites is 1. The van der Waals surface area contributed by atoms with Gasteiger partial charge in [0.25, 0.3) is 0 Å². The first-order chi connectivity index (χ1) is 6.79. The Morgan fingerprint density at radius 1 is 1.43 bits per heavy atom. The summed E-state index contributed by atoms with van der Waals surface area (Å²) in [7, 11) is 1.70. The SMILES string of the molecule is COc1ccccc1/C(C)=C/CCBr. The summed E-state index contributed by atoms with van der Waals surface area (Å²) in [4.78, 5) is 0. The fourth-order valence-corrected chi connectivity index (χ4v) is 1.58. The Kier molecular flexibility index (Phi) is 4.74. The van der Waals surface area contributed by atoms with E-state index in [9.17, 15) is 0 Å². The van der Waals surface area contributed by atoms with E-state index in [0.29, 0.717) is 0 Å². The minimum atomic E-state index is 0.941. The van der Waals surface area contributed by atoms with E-state index in [2.05, 4.69) is 35.0 Å². The van der Waals surface area contributed by atoms with E-state index in [-0.39, 0.29) is 0 Å². The molecule has 0 unspecified atom stereocenters. The Labute approximate surface area is 93.9 Å². The van der Waals surface area contributed by atoms with Crippen LogP contribution in [-0.4, -0.2) is 12.4 Å². The van der Waals surface area contributed by atoms with Crippen LogP contribution in [0.25, 0.3) is 5.57 Å². The highest BCUT2D eigenvalue weighted by Gasteiger charge is 2.02. The molecule has 0 atom stereocenters. The van der Waals surface area contributed by atoms with Crippen LogP contribution >= 0.6 is 15.9 Å². The maximum Gasteiger partial charge on any atom is 0.126 e. The number of methoxy groups -OCH3 is 1. The highest BCUT2D eigenvalue weighted by atomic mass is 79.9. The molecule has 0 heterocycles. The van der Waals surface area contributed by atoms with Gasteiger partial charge in [-0.25, -0.2) is 0 Å². The predicted molar refractivity (Wildman–Crippen MR) is 65.1 cm³/mol. The van der Waals surface area contributed by atoms with Gasteiger partial charge in [-0.1, -0.05) is 40.2 Å². The Bertz CT molecular complexity index is 318. The summed E-state index contributed by atoms with van der Waals surface area (Å²) >= 11 is 3.41. The quantitative estimate of drug-likeness (QED) is 0.742. The third kappa shape index (κ3) is 2.88. The summed E-state index contributed by atoms with van der Waals surface area (Å²) in [5.74, 6) is 0.941. The molecule has 2 heteroatoms. The number of alkyl halides is 1. The molecule has 0 aliphatic heterocycles. The molecule has 1 nitrogen and oxygen atoms in total. The smallest absolute Gasteiger partial charge is 0.126 e. The van der Waals surface area contributed by atoms with Crippen molar-refractivity contribution in [1.29, 1.82) is 0 Å². The molecule has 0 radical (unpaired) electrons. The van der Waals surface area contributed by atoms with Crippen LogP contribution in [0, 0.1) is 0 Å². The van der Waals surface area contributed by atoms with Gasteiger partial charge in [-0.3, -0.25) is 0 Å². The van der Waals surface area contributed by atoms with Crippen molar-refractivity contribution < 1.29 is 4.74 Å². The topological polar surface area (TPSA) is 9.23 Å². The van der Waals surface area contributed by atoms with Crippen molar-refractivity contribution in [1.82, 2.24) is 0 Å². The van der Waals surface area contributed by atoms with E-state index in [4.69, 9.17) is 4.74 Å². The zero-order valence-corrected chi connectivity index (χ0v) is 10.2. The number of hydrogen-bond acceptors (Lipinski definition) is 1. The molecule has 0 fully saturated rings. The lowest BCUT2D eigenvalue weighted by Gasteiger charge is -2.07. The maximum atomic E-state index is 5.29. The van der Waals surface area contributed by atoms with Crippen molar-refractivity contribution in [2.24, 2.45) is 0 Å². The van der Waals surface area contributed by atoms with Crippen molar-refractivity contribution in [3.8, 4) is 5.75 Å². The Hall–Kier alpha value is -0.760. The molecule has 0 saturated carbocycles. The van der Waals surface area contributed by atoms with Crippen LogP contribution in [0.1, 0.15) is 18.9 Å². The standard InChI is InChI=1S/C12H15BrO/c1-10(6-5-9-13)11-7-3-4-8-12(11)14-2/h3-4,6-8H,5,9H2,1-2H3/b10-6+. The summed E-state index contributed by atoms with van der Waals surface area (Å²) < 4.78 is 5.29. The molecule has 0 N–H and O–H groups in total. The second-order valence-electron chi connectivity index (χ2n) is 3.07. The molecule has 1 rings (SSSR count). The van der Waals surface area contributed by atoms with Gasteiger partial charge >= 0.3 is 0 Å². The second kappa shape index (κ2) is 5.86. The van der Waals surface area contributed by atoms with Crippen molar-refractivity contribution >= 4 is 21.5 Å². The first-order valence-electron chi connectivity index (χ1n) is 4.65. The summed E-state index contributed by atoms with van der Waals surface area (Å²) in [5.41, 5.74) is 2.44. The molecular formula is C12H15BrO. The maximum absolute atomic E-state index is 5.29.